The van der Waals surface area contributed by atoms with Crippen LogP contribution in [0.1, 0.15) is 18.1 Å². The van der Waals surface area contributed by atoms with Gasteiger partial charge in [-0.15, -0.1) is 0 Å². The number of nitrogens with one attached hydrogen (secondary N) is 1. The average molecular weight is 348 g/mol. The summed E-state index contributed by atoms with van der Waals surface area (Å²) in [4.78, 5) is 11.5. The number of esters is 1. The van der Waals surface area contributed by atoms with E-state index in [1.54, 1.807) is 6.92 Å². The van der Waals surface area contributed by atoms with Crippen LogP contribution in [0, 0.1) is 11.3 Å². The van der Waals surface area contributed by atoms with Gasteiger partial charge < -0.3 is 14.8 Å². The van der Waals surface area contributed by atoms with E-state index in [2.05, 4.69) is 29.6 Å². The quantitative estimate of drug-likeness (QED) is 0.492. The van der Waals surface area contributed by atoms with Crippen molar-refractivity contribution in [1.29, 1.82) is 5.26 Å². The van der Waals surface area contributed by atoms with E-state index in [0.717, 1.165) is 29.9 Å². The van der Waals surface area contributed by atoms with Crippen LogP contribution in [0.25, 0.3) is 11.1 Å². The van der Waals surface area contributed by atoms with Gasteiger partial charge in [0.1, 0.15) is 11.8 Å². The Morgan fingerprint density at radius 2 is 2.04 bits per heavy atom. The molecule has 1 aliphatic heterocycles. The number of nitrogens with zero attached hydrogens (tertiary/aromatic N) is 1. The molecule has 5 nitrogen and oxygen atoms in total. The molecular weight excluding hydrogens is 328 g/mol. The summed E-state index contributed by atoms with van der Waals surface area (Å²) in [6.45, 7) is 3.22. The second kappa shape index (κ2) is 8.21. The van der Waals surface area contributed by atoms with E-state index < -0.39 is 5.97 Å². The van der Waals surface area contributed by atoms with Crippen LogP contribution in [0.2, 0.25) is 0 Å². The predicted molar refractivity (Wildman–Crippen MR) is 98.2 cm³/mol. The fourth-order valence-electron chi connectivity index (χ4n) is 2.80. The van der Waals surface area contributed by atoms with Gasteiger partial charge >= 0.3 is 5.97 Å². The van der Waals surface area contributed by atoms with Gasteiger partial charge in [-0.2, -0.15) is 5.26 Å². The fraction of sp³-hybridized carbons (Fsp3) is 0.238. The van der Waals surface area contributed by atoms with Gasteiger partial charge in [0.15, 0.2) is 5.57 Å². The van der Waals surface area contributed by atoms with E-state index in [1.807, 2.05) is 24.3 Å². The summed E-state index contributed by atoms with van der Waals surface area (Å²) in [5, 5.41) is 12.0. The number of fused-ring (bicyclic) bond motifs is 1. The van der Waals surface area contributed by atoms with E-state index in [0.29, 0.717) is 6.54 Å². The molecule has 0 radical (unpaired) electrons. The number of rotatable bonds is 6. The normalized spacial score (nSPS) is 12.7. The first kappa shape index (κ1) is 17.6. The van der Waals surface area contributed by atoms with E-state index in [1.165, 1.54) is 17.3 Å². The molecule has 0 amide bonds. The molecule has 132 valence electrons. The molecule has 2 aromatic rings. The Morgan fingerprint density at radius 3 is 2.77 bits per heavy atom. The van der Waals surface area contributed by atoms with Gasteiger partial charge in [-0.1, -0.05) is 30.3 Å². The third-order valence-corrected chi connectivity index (χ3v) is 4.15. The predicted octanol–water partition coefficient (Wildman–Crippen LogP) is 3.35. The minimum atomic E-state index is -0.613. The van der Waals surface area contributed by atoms with Crippen molar-refractivity contribution in [2.45, 2.75) is 19.9 Å². The Balaban J connectivity index is 1.63. The molecule has 5 heteroatoms. The molecule has 1 heterocycles. The van der Waals surface area contributed by atoms with Crippen molar-refractivity contribution in [2.24, 2.45) is 0 Å². The van der Waals surface area contributed by atoms with Crippen molar-refractivity contribution < 1.29 is 14.3 Å². The molecule has 0 aliphatic carbocycles. The van der Waals surface area contributed by atoms with Crippen LogP contribution in [-0.4, -0.2) is 19.2 Å². The first-order chi connectivity index (χ1) is 12.7. The molecule has 1 aliphatic rings. The number of carbonyl (C=O) groups excluding carboxylic acids is 1. The van der Waals surface area contributed by atoms with Crippen molar-refractivity contribution in [3.8, 4) is 22.9 Å². The highest BCUT2D eigenvalue weighted by atomic mass is 16.5. The van der Waals surface area contributed by atoms with Gasteiger partial charge in [0, 0.05) is 19.2 Å². The fourth-order valence-corrected chi connectivity index (χ4v) is 2.80. The molecular formula is C21H20N2O3. The number of hydrogen-bond donors (Lipinski definition) is 1. The zero-order chi connectivity index (χ0) is 18.4. The highest BCUT2D eigenvalue weighted by Gasteiger charge is 2.12. The number of benzene rings is 2. The van der Waals surface area contributed by atoms with Gasteiger partial charge in [-0.25, -0.2) is 4.79 Å². The van der Waals surface area contributed by atoms with Crippen LogP contribution in [0.15, 0.2) is 54.2 Å². The summed E-state index contributed by atoms with van der Waals surface area (Å²) < 4.78 is 10.4. The lowest BCUT2D eigenvalue weighted by Gasteiger charge is -2.07. The monoisotopic (exact) mass is 348 g/mol. The Labute approximate surface area is 152 Å². The number of hydrogen-bond acceptors (Lipinski definition) is 5. The third-order valence-electron chi connectivity index (χ3n) is 4.15. The summed E-state index contributed by atoms with van der Waals surface area (Å²) in [7, 11) is 0. The summed E-state index contributed by atoms with van der Waals surface area (Å²) in [5.41, 5.74) is 4.58. The molecule has 1 N–H and O–H groups in total. The van der Waals surface area contributed by atoms with Crippen LogP contribution >= 0.6 is 0 Å². The number of carbonyl (C=O) groups is 1. The molecule has 3 rings (SSSR count). The van der Waals surface area contributed by atoms with Gasteiger partial charge in [-0.3, -0.25) is 0 Å². The topological polar surface area (TPSA) is 71.4 Å². The lowest BCUT2D eigenvalue weighted by Crippen LogP contribution is -2.12. The van der Waals surface area contributed by atoms with Crippen LogP contribution in [-0.2, 0) is 22.5 Å². The smallest absolute Gasteiger partial charge is 0.350 e. The van der Waals surface area contributed by atoms with Crippen molar-refractivity contribution >= 4 is 5.97 Å². The molecule has 0 atom stereocenters. The first-order valence-corrected chi connectivity index (χ1v) is 8.57. The molecule has 0 saturated carbocycles. The van der Waals surface area contributed by atoms with Crippen molar-refractivity contribution in [2.75, 3.05) is 13.2 Å². The molecule has 26 heavy (non-hydrogen) atoms. The van der Waals surface area contributed by atoms with Crippen molar-refractivity contribution in [1.82, 2.24) is 5.32 Å². The summed E-state index contributed by atoms with van der Waals surface area (Å²) >= 11 is 0. The molecule has 2 aromatic carbocycles. The maximum absolute atomic E-state index is 11.5. The van der Waals surface area contributed by atoms with Crippen LogP contribution in [0.3, 0.4) is 0 Å². The lowest BCUT2D eigenvalue weighted by atomic mass is 10.0. The van der Waals surface area contributed by atoms with Crippen molar-refractivity contribution in [3.05, 3.63) is 65.4 Å². The molecule has 0 saturated heterocycles. The maximum Gasteiger partial charge on any atom is 0.350 e. The summed E-state index contributed by atoms with van der Waals surface area (Å²) in [6.07, 6.45) is 2.35. The second-order valence-corrected chi connectivity index (χ2v) is 5.89. The highest BCUT2D eigenvalue weighted by molar-refractivity contribution is 5.92. The minimum absolute atomic E-state index is 0.0381. The summed E-state index contributed by atoms with van der Waals surface area (Å²) in [6, 6.07) is 16.3. The molecule has 0 spiro atoms. The van der Waals surface area contributed by atoms with Crippen LogP contribution < -0.4 is 10.1 Å². The SMILES string of the molecule is CCOC(=O)/C(C#N)=C/NCc1ccc(-c2ccc3c(c2)CCO3)cc1. The molecule has 0 bridgehead atoms. The van der Waals surface area contributed by atoms with Gasteiger partial charge in [0.05, 0.1) is 13.2 Å². The zero-order valence-electron chi connectivity index (χ0n) is 14.6. The Morgan fingerprint density at radius 1 is 1.27 bits per heavy atom. The van der Waals surface area contributed by atoms with Crippen LogP contribution in [0.5, 0.6) is 5.75 Å². The summed E-state index contributed by atoms with van der Waals surface area (Å²) in [5.74, 6) is 0.370. The maximum atomic E-state index is 11.5. The van der Waals surface area contributed by atoms with E-state index >= 15 is 0 Å². The number of nitriles is 1. The van der Waals surface area contributed by atoms with Crippen LogP contribution in [0.4, 0.5) is 0 Å². The highest BCUT2D eigenvalue weighted by Crippen LogP contribution is 2.30. The molecule has 0 fully saturated rings. The number of ether oxygens (including phenoxy) is 2. The lowest BCUT2D eigenvalue weighted by molar-refractivity contribution is -0.138. The Hall–Kier alpha value is -3.26. The average Bonchev–Trinajstić information content (AvgIpc) is 3.13. The second-order valence-electron chi connectivity index (χ2n) is 5.89. The van der Waals surface area contributed by atoms with Gasteiger partial charge in [-0.05, 0) is 41.3 Å². The largest absolute Gasteiger partial charge is 0.493 e. The molecule has 0 aromatic heterocycles. The Kier molecular flexibility index (Phi) is 5.55. The van der Waals surface area contributed by atoms with Gasteiger partial charge in [0.25, 0.3) is 0 Å². The minimum Gasteiger partial charge on any atom is -0.493 e. The Bertz CT molecular complexity index is 864. The van der Waals surface area contributed by atoms with E-state index in [-0.39, 0.29) is 12.2 Å². The zero-order valence-corrected chi connectivity index (χ0v) is 14.6. The standard InChI is InChI=1S/C21H20N2O3/c1-2-25-21(24)19(12-22)14-23-13-15-3-5-16(6-4-15)17-7-8-20-18(11-17)9-10-26-20/h3-8,11,14,23H,2,9-10,13H2,1H3/b19-14+. The van der Waals surface area contributed by atoms with Gasteiger partial charge in [0.2, 0.25) is 0 Å². The molecule has 0 unspecified atom stereocenters. The first-order valence-electron chi connectivity index (χ1n) is 8.57. The third kappa shape index (κ3) is 4.04. The van der Waals surface area contributed by atoms with E-state index in [9.17, 15) is 4.79 Å². The van der Waals surface area contributed by atoms with Crippen molar-refractivity contribution in [3.63, 3.8) is 0 Å². The van der Waals surface area contributed by atoms with E-state index in [4.69, 9.17) is 14.7 Å².